The summed E-state index contributed by atoms with van der Waals surface area (Å²) in [5.74, 6) is 2.09. The minimum atomic E-state index is -0.385. The standard InChI is InChI=1S/C20H24N2O4/c1-20(2)12-16(14-11-13(24-3)9-10-17(14)26-20)22-19(23)21-15-7-5-6-8-18(15)25-4/h5-11,16H,12H2,1-4H3,(H2,21,22,23)/t16-/m0/s1. The maximum Gasteiger partial charge on any atom is 0.319 e. The molecule has 0 bridgehead atoms. The summed E-state index contributed by atoms with van der Waals surface area (Å²) in [4.78, 5) is 12.6. The van der Waals surface area contributed by atoms with Crippen molar-refractivity contribution in [3.63, 3.8) is 0 Å². The van der Waals surface area contributed by atoms with Gasteiger partial charge in [0.1, 0.15) is 22.8 Å². The Kier molecular flexibility index (Phi) is 4.93. The molecule has 2 aromatic carbocycles. The van der Waals surface area contributed by atoms with E-state index in [2.05, 4.69) is 10.6 Å². The number of carbonyl (C=O) groups is 1. The van der Waals surface area contributed by atoms with Crippen molar-refractivity contribution in [2.24, 2.45) is 0 Å². The van der Waals surface area contributed by atoms with Crippen LogP contribution in [0.4, 0.5) is 10.5 Å². The van der Waals surface area contributed by atoms with E-state index in [0.717, 1.165) is 17.1 Å². The number of para-hydroxylation sites is 2. The molecule has 26 heavy (non-hydrogen) atoms. The Morgan fingerprint density at radius 1 is 1.15 bits per heavy atom. The third kappa shape index (κ3) is 3.85. The van der Waals surface area contributed by atoms with Crippen LogP contribution in [0.5, 0.6) is 17.2 Å². The number of hydrogen-bond donors (Lipinski definition) is 2. The lowest BCUT2D eigenvalue weighted by Gasteiger charge is -2.38. The van der Waals surface area contributed by atoms with Crippen LogP contribution in [0.2, 0.25) is 0 Å². The smallest absolute Gasteiger partial charge is 0.319 e. The molecule has 1 atom stereocenters. The number of amides is 2. The number of hydrogen-bond acceptors (Lipinski definition) is 4. The van der Waals surface area contributed by atoms with Gasteiger partial charge in [0.05, 0.1) is 25.9 Å². The maximum atomic E-state index is 12.6. The first-order chi connectivity index (χ1) is 12.4. The van der Waals surface area contributed by atoms with Crippen molar-refractivity contribution in [2.75, 3.05) is 19.5 Å². The highest BCUT2D eigenvalue weighted by atomic mass is 16.5. The van der Waals surface area contributed by atoms with Gasteiger partial charge in [0.2, 0.25) is 0 Å². The zero-order valence-corrected chi connectivity index (χ0v) is 15.5. The molecule has 138 valence electrons. The highest BCUT2D eigenvalue weighted by Gasteiger charge is 2.35. The molecule has 6 heteroatoms. The van der Waals surface area contributed by atoms with Gasteiger partial charge in [-0.15, -0.1) is 0 Å². The molecule has 0 saturated carbocycles. The molecule has 1 aliphatic rings. The van der Waals surface area contributed by atoms with Gasteiger partial charge in [0.25, 0.3) is 0 Å². The van der Waals surface area contributed by atoms with Crippen LogP contribution in [0, 0.1) is 0 Å². The zero-order valence-electron chi connectivity index (χ0n) is 15.5. The molecule has 0 saturated heterocycles. The van der Waals surface area contributed by atoms with Crippen molar-refractivity contribution in [3.8, 4) is 17.2 Å². The van der Waals surface area contributed by atoms with Crippen molar-refractivity contribution in [1.29, 1.82) is 0 Å². The first kappa shape index (κ1) is 17.9. The Labute approximate surface area is 153 Å². The SMILES string of the molecule is COc1ccc2c(c1)[C@@H](NC(=O)Nc1ccccc1OC)CC(C)(C)O2. The van der Waals surface area contributed by atoms with Crippen molar-refractivity contribution >= 4 is 11.7 Å². The van der Waals surface area contributed by atoms with Crippen molar-refractivity contribution in [3.05, 3.63) is 48.0 Å². The van der Waals surface area contributed by atoms with E-state index in [-0.39, 0.29) is 17.7 Å². The summed E-state index contributed by atoms with van der Waals surface area (Å²) in [7, 11) is 3.19. The van der Waals surface area contributed by atoms with Crippen molar-refractivity contribution < 1.29 is 19.0 Å². The lowest BCUT2D eigenvalue weighted by Crippen LogP contribution is -2.42. The third-order valence-corrected chi connectivity index (χ3v) is 4.33. The molecule has 0 fully saturated rings. The van der Waals surface area contributed by atoms with Gasteiger partial charge in [0, 0.05) is 12.0 Å². The van der Waals surface area contributed by atoms with E-state index in [9.17, 15) is 4.79 Å². The minimum absolute atomic E-state index is 0.196. The summed E-state index contributed by atoms with van der Waals surface area (Å²) in [5.41, 5.74) is 1.13. The van der Waals surface area contributed by atoms with E-state index in [4.69, 9.17) is 14.2 Å². The van der Waals surface area contributed by atoms with Crippen molar-refractivity contribution in [2.45, 2.75) is 31.9 Å². The van der Waals surface area contributed by atoms with Gasteiger partial charge in [-0.2, -0.15) is 0 Å². The molecular formula is C20H24N2O4. The van der Waals surface area contributed by atoms with Crippen LogP contribution < -0.4 is 24.8 Å². The fraction of sp³-hybridized carbons (Fsp3) is 0.350. The first-order valence-corrected chi connectivity index (χ1v) is 8.49. The molecule has 2 aromatic rings. The average molecular weight is 356 g/mol. The van der Waals surface area contributed by atoms with E-state index in [0.29, 0.717) is 17.9 Å². The number of methoxy groups -OCH3 is 2. The van der Waals surface area contributed by atoms with Crippen LogP contribution in [0.25, 0.3) is 0 Å². The largest absolute Gasteiger partial charge is 0.497 e. The highest BCUT2D eigenvalue weighted by molar-refractivity contribution is 5.91. The molecule has 0 radical (unpaired) electrons. The Hall–Kier alpha value is -2.89. The summed E-state index contributed by atoms with van der Waals surface area (Å²) in [6.07, 6.45) is 0.645. The van der Waals surface area contributed by atoms with Gasteiger partial charge in [-0.3, -0.25) is 0 Å². The Bertz CT molecular complexity index is 804. The van der Waals surface area contributed by atoms with Gasteiger partial charge in [-0.1, -0.05) is 12.1 Å². The Morgan fingerprint density at radius 3 is 2.65 bits per heavy atom. The normalized spacial score (nSPS) is 17.5. The molecule has 2 N–H and O–H groups in total. The monoisotopic (exact) mass is 356 g/mol. The number of rotatable bonds is 4. The number of carbonyl (C=O) groups excluding carboxylic acids is 1. The highest BCUT2D eigenvalue weighted by Crippen LogP contribution is 2.41. The summed E-state index contributed by atoms with van der Waals surface area (Å²) in [6.45, 7) is 4.01. The van der Waals surface area contributed by atoms with E-state index >= 15 is 0 Å². The number of benzene rings is 2. The summed E-state index contributed by atoms with van der Waals surface area (Å²) >= 11 is 0. The van der Waals surface area contributed by atoms with E-state index in [1.54, 1.807) is 26.4 Å². The van der Waals surface area contributed by atoms with Crippen LogP contribution in [-0.2, 0) is 0 Å². The predicted molar refractivity (Wildman–Crippen MR) is 100 cm³/mol. The second-order valence-electron chi connectivity index (χ2n) is 6.82. The molecule has 0 spiro atoms. The number of fused-ring (bicyclic) bond motifs is 1. The molecule has 6 nitrogen and oxygen atoms in total. The van der Waals surface area contributed by atoms with Crippen LogP contribution in [0.15, 0.2) is 42.5 Å². The Balaban J connectivity index is 1.81. The van der Waals surface area contributed by atoms with Gasteiger partial charge in [-0.05, 0) is 44.2 Å². The molecule has 3 rings (SSSR count). The first-order valence-electron chi connectivity index (χ1n) is 8.49. The average Bonchev–Trinajstić information content (AvgIpc) is 2.61. The molecule has 1 heterocycles. The summed E-state index contributed by atoms with van der Waals surface area (Å²) in [5, 5.41) is 5.89. The molecular weight excluding hydrogens is 332 g/mol. The minimum Gasteiger partial charge on any atom is -0.497 e. The second kappa shape index (κ2) is 7.15. The summed E-state index contributed by atoms with van der Waals surface area (Å²) in [6, 6.07) is 12.4. The quantitative estimate of drug-likeness (QED) is 0.864. The van der Waals surface area contributed by atoms with E-state index in [1.807, 2.05) is 44.2 Å². The maximum absolute atomic E-state index is 12.6. The van der Waals surface area contributed by atoms with E-state index in [1.165, 1.54) is 0 Å². The van der Waals surface area contributed by atoms with Gasteiger partial charge < -0.3 is 24.8 Å². The molecule has 1 aliphatic heterocycles. The fourth-order valence-electron chi connectivity index (χ4n) is 3.15. The Morgan fingerprint density at radius 2 is 1.92 bits per heavy atom. The lowest BCUT2D eigenvalue weighted by atomic mass is 9.89. The second-order valence-corrected chi connectivity index (χ2v) is 6.82. The molecule has 0 aliphatic carbocycles. The van der Waals surface area contributed by atoms with Crippen LogP contribution in [0.3, 0.4) is 0 Å². The van der Waals surface area contributed by atoms with Crippen LogP contribution in [0.1, 0.15) is 31.9 Å². The van der Waals surface area contributed by atoms with Gasteiger partial charge in [0.15, 0.2) is 0 Å². The number of anilines is 1. The predicted octanol–water partition coefficient (Wildman–Crippen LogP) is 4.13. The van der Waals surface area contributed by atoms with Crippen LogP contribution in [-0.4, -0.2) is 25.9 Å². The van der Waals surface area contributed by atoms with E-state index < -0.39 is 0 Å². The number of nitrogens with one attached hydrogen (secondary N) is 2. The zero-order chi connectivity index (χ0) is 18.7. The molecule has 0 aromatic heterocycles. The fourth-order valence-corrected chi connectivity index (χ4v) is 3.15. The van der Waals surface area contributed by atoms with Gasteiger partial charge in [-0.25, -0.2) is 4.79 Å². The topological polar surface area (TPSA) is 68.8 Å². The molecule has 0 unspecified atom stereocenters. The van der Waals surface area contributed by atoms with Crippen molar-refractivity contribution in [1.82, 2.24) is 5.32 Å². The van der Waals surface area contributed by atoms with Gasteiger partial charge >= 0.3 is 6.03 Å². The third-order valence-electron chi connectivity index (χ3n) is 4.33. The number of urea groups is 1. The molecule has 2 amide bonds. The lowest BCUT2D eigenvalue weighted by molar-refractivity contribution is 0.0681. The van der Waals surface area contributed by atoms with Crippen LogP contribution >= 0.6 is 0 Å². The number of ether oxygens (including phenoxy) is 3. The summed E-state index contributed by atoms with van der Waals surface area (Å²) < 4.78 is 16.6.